The smallest absolute Gasteiger partial charge is 0.256 e. The Morgan fingerprint density at radius 2 is 1.91 bits per heavy atom. The first-order valence-corrected chi connectivity index (χ1v) is 11.7. The minimum absolute atomic E-state index is 0.00944. The molecule has 5 rings (SSSR count). The van der Waals surface area contributed by atoms with Gasteiger partial charge in [0, 0.05) is 30.9 Å². The Kier molecular flexibility index (Phi) is 6.38. The molecule has 3 aromatic rings. The molecule has 0 aliphatic carbocycles. The topological polar surface area (TPSA) is 106 Å². The van der Waals surface area contributed by atoms with E-state index in [1.807, 2.05) is 18.0 Å². The lowest BCUT2D eigenvalue weighted by Crippen LogP contribution is -2.61. The van der Waals surface area contributed by atoms with Crippen LogP contribution in [0.2, 0.25) is 0 Å². The number of hydrogen-bond donors (Lipinski definition) is 2. The van der Waals surface area contributed by atoms with Crippen molar-refractivity contribution in [1.82, 2.24) is 25.5 Å². The molecule has 2 aliphatic rings. The van der Waals surface area contributed by atoms with Crippen molar-refractivity contribution < 1.29 is 19.0 Å². The van der Waals surface area contributed by atoms with E-state index in [0.29, 0.717) is 29.1 Å². The summed E-state index contributed by atoms with van der Waals surface area (Å²) in [5.74, 6) is 1.68. The maximum absolute atomic E-state index is 15.1. The fourth-order valence-electron chi connectivity index (χ4n) is 5.07. The number of ether oxygens (including phenoxy) is 2. The average molecular weight is 481 g/mol. The highest BCUT2D eigenvalue weighted by Gasteiger charge is 2.42. The molecule has 2 bridgehead atoms. The van der Waals surface area contributed by atoms with E-state index in [1.54, 1.807) is 37.7 Å². The predicted molar refractivity (Wildman–Crippen MR) is 130 cm³/mol. The molecule has 0 spiro atoms. The largest absolute Gasteiger partial charge is 0.507 e. The number of benzene rings is 1. The van der Waals surface area contributed by atoms with Gasteiger partial charge in [0.25, 0.3) is 5.88 Å². The van der Waals surface area contributed by atoms with E-state index in [2.05, 4.69) is 25.5 Å². The Hall–Kier alpha value is -3.53. The van der Waals surface area contributed by atoms with Gasteiger partial charge >= 0.3 is 0 Å². The van der Waals surface area contributed by atoms with Crippen LogP contribution in [-0.4, -0.2) is 70.8 Å². The monoisotopic (exact) mass is 480 g/mol. The molecule has 2 N–H and O–H groups in total. The van der Waals surface area contributed by atoms with E-state index in [4.69, 9.17) is 9.47 Å². The molecule has 2 fully saturated rings. The molecule has 35 heavy (non-hydrogen) atoms. The van der Waals surface area contributed by atoms with Gasteiger partial charge < -0.3 is 24.8 Å². The minimum Gasteiger partial charge on any atom is -0.507 e. The van der Waals surface area contributed by atoms with Gasteiger partial charge in [-0.25, -0.2) is 14.4 Å². The second-order valence-electron chi connectivity index (χ2n) is 9.07. The second-order valence-corrected chi connectivity index (χ2v) is 9.07. The lowest BCUT2D eigenvalue weighted by Gasteiger charge is -2.45. The number of fused-ring (bicyclic) bond motifs is 2. The van der Waals surface area contributed by atoms with Crippen molar-refractivity contribution in [3.8, 4) is 39.9 Å². The number of pyridine rings is 1. The number of halogens is 1. The van der Waals surface area contributed by atoms with Crippen LogP contribution in [0.5, 0.6) is 17.4 Å². The number of nitrogens with zero attached hydrogens (tertiary/aromatic N) is 5. The Morgan fingerprint density at radius 3 is 2.63 bits per heavy atom. The number of aromatic nitrogens is 4. The standard InChI is InChI=1S/C25H29FN6O3/c1-32(19-11-16-5-4-6-18(29-16)23(19)26)22-13-27-24(31-30-22)17-8-7-14(9-20(17)33)15-10-21(34-2)25(35-3)28-12-15/h7-10,12-13,16,18-19,23,29,33H,4-6,11H2,1-3H3/t16-,18+,19-,23+/m0/s1. The molecule has 0 radical (unpaired) electrons. The Balaban J connectivity index is 1.35. The van der Waals surface area contributed by atoms with Crippen molar-refractivity contribution in [3.05, 3.63) is 36.7 Å². The number of phenolic OH excluding ortho intramolecular Hbond substituents is 1. The summed E-state index contributed by atoms with van der Waals surface area (Å²) in [5.41, 5.74) is 1.95. The van der Waals surface area contributed by atoms with Gasteiger partial charge in [0.15, 0.2) is 17.4 Å². The summed E-state index contributed by atoms with van der Waals surface area (Å²) in [4.78, 5) is 10.5. The van der Waals surface area contributed by atoms with Crippen LogP contribution in [0.15, 0.2) is 36.7 Å². The average Bonchev–Trinajstić information content (AvgIpc) is 2.90. The maximum atomic E-state index is 15.1. The number of anilines is 1. The number of methoxy groups -OCH3 is 2. The van der Waals surface area contributed by atoms with E-state index in [9.17, 15) is 5.11 Å². The van der Waals surface area contributed by atoms with Crippen LogP contribution in [0, 0.1) is 0 Å². The van der Waals surface area contributed by atoms with Crippen LogP contribution in [0.25, 0.3) is 22.5 Å². The molecule has 1 aromatic carbocycles. The first-order valence-electron chi connectivity index (χ1n) is 11.7. The number of piperidine rings is 2. The number of nitrogens with one attached hydrogen (secondary N) is 1. The SMILES string of the molecule is COc1cc(-c2ccc(-c3ncc(N(C)[C@H]4C[C@@H]5CCC[C@@H](N5)[C@H]4F)nn3)c(O)c2)cnc1OC. The lowest BCUT2D eigenvalue weighted by atomic mass is 9.82. The zero-order chi connectivity index (χ0) is 24.5. The maximum Gasteiger partial charge on any atom is 0.256 e. The van der Waals surface area contributed by atoms with Crippen molar-refractivity contribution >= 4 is 5.82 Å². The number of rotatable bonds is 6. The minimum atomic E-state index is -0.972. The van der Waals surface area contributed by atoms with Gasteiger partial charge in [-0.1, -0.05) is 12.5 Å². The van der Waals surface area contributed by atoms with Gasteiger partial charge in [-0.2, -0.15) is 0 Å². The third-order valence-electron chi connectivity index (χ3n) is 7.01. The van der Waals surface area contributed by atoms with E-state index >= 15 is 4.39 Å². The second kappa shape index (κ2) is 9.61. The number of phenols is 1. The molecule has 2 aliphatic heterocycles. The van der Waals surface area contributed by atoms with Gasteiger partial charge in [-0.05, 0) is 43.0 Å². The zero-order valence-corrected chi connectivity index (χ0v) is 20.0. The quantitative estimate of drug-likeness (QED) is 0.549. The normalized spacial score (nSPS) is 23.5. The van der Waals surface area contributed by atoms with Crippen LogP contribution in [0.4, 0.5) is 10.2 Å². The molecule has 4 atom stereocenters. The van der Waals surface area contributed by atoms with Crippen LogP contribution < -0.4 is 19.7 Å². The number of alkyl halides is 1. The van der Waals surface area contributed by atoms with Crippen molar-refractivity contribution in [2.75, 3.05) is 26.2 Å². The van der Waals surface area contributed by atoms with E-state index in [0.717, 1.165) is 36.8 Å². The highest BCUT2D eigenvalue weighted by Crippen LogP contribution is 2.35. The van der Waals surface area contributed by atoms with Gasteiger partial charge in [0.2, 0.25) is 0 Å². The van der Waals surface area contributed by atoms with Crippen LogP contribution >= 0.6 is 0 Å². The highest BCUT2D eigenvalue weighted by atomic mass is 19.1. The Labute approximate surface area is 203 Å². The fraction of sp³-hybridized carbons (Fsp3) is 0.440. The molecule has 9 nitrogen and oxygen atoms in total. The Morgan fingerprint density at radius 1 is 1.06 bits per heavy atom. The van der Waals surface area contributed by atoms with Gasteiger partial charge in [0.05, 0.1) is 32.0 Å². The lowest BCUT2D eigenvalue weighted by molar-refractivity contribution is 0.107. The van der Waals surface area contributed by atoms with Crippen LogP contribution in [0.1, 0.15) is 25.7 Å². The van der Waals surface area contributed by atoms with E-state index in [-0.39, 0.29) is 23.7 Å². The fourth-order valence-corrected chi connectivity index (χ4v) is 5.07. The number of hydrogen-bond acceptors (Lipinski definition) is 9. The molecule has 2 saturated heterocycles. The summed E-state index contributed by atoms with van der Waals surface area (Å²) < 4.78 is 25.6. The molecule has 0 amide bonds. The Bertz CT molecular complexity index is 1190. The third-order valence-corrected chi connectivity index (χ3v) is 7.01. The molecule has 4 heterocycles. The summed E-state index contributed by atoms with van der Waals surface area (Å²) in [6, 6.07) is 6.93. The molecular formula is C25H29FN6O3. The molecule has 184 valence electrons. The molecule has 0 saturated carbocycles. The summed E-state index contributed by atoms with van der Waals surface area (Å²) in [6.07, 6.45) is 5.99. The first-order chi connectivity index (χ1) is 17.0. The molecule has 2 aromatic heterocycles. The van der Waals surface area contributed by atoms with Gasteiger partial charge in [-0.15, -0.1) is 10.2 Å². The summed E-state index contributed by atoms with van der Waals surface area (Å²) in [7, 11) is 4.91. The van der Waals surface area contributed by atoms with Crippen molar-refractivity contribution in [3.63, 3.8) is 0 Å². The van der Waals surface area contributed by atoms with E-state index < -0.39 is 6.17 Å². The van der Waals surface area contributed by atoms with E-state index in [1.165, 1.54) is 7.11 Å². The van der Waals surface area contributed by atoms with Crippen molar-refractivity contribution in [2.24, 2.45) is 0 Å². The van der Waals surface area contributed by atoms with Crippen molar-refractivity contribution in [2.45, 2.75) is 50.0 Å². The van der Waals surface area contributed by atoms with Gasteiger partial charge in [-0.3, -0.25) is 0 Å². The predicted octanol–water partition coefficient (Wildman–Crippen LogP) is 3.38. The summed E-state index contributed by atoms with van der Waals surface area (Å²) >= 11 is 0. The highest BCUT2D eigenvalue weighted by molar-refractivity contribution is 5.73. The summed E-state index contributed by atoms with van der Waals surface area (Å²) in [6.45, 7) is 0. The van der Waals surface area contributed by atoms with Crippen LogP contribution in [0.3, 0.4) is 0 Å². The number of aromatic hydroxyl groups is 1. The van der Waals surface area contributed by atoms with Crippen molar-refractivity contribution in [1.29, 1.82) is 0 Å². The molecular weight excluding hydrogens is 451 g/mol. The zero-order valence-electron chi connectivity index (χ0n) is 20.0. The third kappa shape index (κ3) is 4.45. The first kappa shape index (κ1) is 23.2. The van der Waals surface area contributed by atoms with Gasteiger partial charge in [0.1, 0.15) is 11.9 Å². The summed E-state index contributed by atoms with van der Waals surface area (Å²) in [5, 5.41) is 22.6. The molecule has 10 heteroatoms. The van der Waals surface area contributed by atoms with Crippen LogP contribution in [-0.2, 0) is 0 Å². The molecule has 0 unspecified atom stereocenters.